The number of halogens is 1. The molecule has 0 aliphatic rings. The van der Waals surface area contributed by atoms with Gasteiger partial charge < -0.3 is 15.3 Å². The Labute approximate surface area is 96.1 Å². The molecule has 5 nitrogen and oxygen atoms in total. The van der Waals surface area contributed by atoms with E-state index in [-0.39, 0.29) is 11.1 Å². The van der Waals surface area contributed by atoms with Gasteiger partial charge in [-0.2, -0.15) is 0 Å². The van der Waals surface area contributed by atoms with E-state index in [9.17, 15) is 24.2 Å². The van der Waals surface area contributed by atoms with E-state index in [0.717, 1.165) is 12.1 Å². The maximum atomic E-state index is 13.2. The van der Waals surface area contributed by atoms with Gasteiger partial charge in [0.2, 0.25) is 0 Å². The molecule has 1 aromatic rings. The number of rotatable bonds is 5. The van der Waals surface area contributed by atoms with Gasteiger partial charge in [-0.3, -0.25) is 9.59 Å². The molecule has 0 amide bonds. The smallest absolute Gasteiger partial charge is 0.306 e. The number of benzene rings is 1. The van der Waals surface area contributed by atoms with Gasteiger partial charge in [-0.1, -0.05) is 6.07 Å². The minimum absolute atomic E-state index is 0.0156. The number of aliphatic hydroxyl groups is 2. The van der Waals surface area contributed by atoms with E-state index >= 15 is 0 Å². The average Bonchev–Trinajstić information content (AvgIpc) is 2.27. The van der Waals surface area contributed by atoms with Crippen LogP contribution in [0.5, 0.6) is 0 Å². The molecule has 1 aromatic carbocycles. The number of carbonyl (C=O) groups excluding carboxylic acids is 1. The Kier molecular flexibility index (Phi) is 4.30. The van der Waals surface area contributed by atoms with Crippen molar-refractivity contribution in [3.8, 4) is 0 Å². The fourth-order valence-corrected chi connectivity index (χ4v) is 1.34. The van der Waals surface area contributed by atoms with Crippen molar-refractivity contribution in [2.75, 3.05) is 0 Å². The lowest BCUT2D eigenvalue weighted by Gasteiger charge is -2.16. The van der Waals surface area contributed by atoms with Crippen molar-refractivity contribution in [2.24, 2.45) is 0 Å². The number of hydrogen-bond acceptors (Lipinski definition) is 4. The summed E-state index contributed by atoms with van der Waals surface area (Å²) in [6.45, 7) is 0. The molecular formula is C11H11FO5. The highest BCUT2D eigenvalue weighted by atomic mass is 19.1. The van der Waals surface area contributed by atoms with Crippen LogP contribution in [0.3, 0.4) is 0 Å². The van der Waals surface area contributed by atoms with E-state index in [1.54, 1.807) is 0 Å². The van der Waals surface area contributed by atoms with E-state index in [1.807, 2.05) is 0 Å². The molecule has 6 heteroatoms. The second-order valence-corrected chi connectivity index (χ2v) is 3.51. The molecule has 0 saturated heterocycles. The zero-order chi connectivity index (χ0) is 13.0. The Bertz CT molecular complexity index is 432. The van der Waals surface area contributed by atoms with Crippen LogP contribution in [0.2, 0.25) is 0 Å². The van der Waals surface area contributed by atoms with E-state index in [2.05, 4.69) is 0 Å². The number of aliphatic hydroxyl groups excluding tert-OH is 2. The molecule has 3 N–H and O–H groups in total. The van der Waals surface area contributed by atoms with Gasteiger partial charge in [0, 0.05) is 0 Å². The molecular weight excluding hydrogens is 231 g/mol. The molecule has 0 aromatic heterocycles. The van der Waals surface area contributed by atoms with Gasteiger partial charge in [-0.25, -0.2) is 4.39 Å². The third kappa shape index (κ3) is 3.33. The fraction of sp³-hybridized carbons (Fsp3) is 0.273. The molecule has 17 heavy (non-hydrogen) atoms. The summed E-state index contributed by atoms with van der Waals surface area (Å²) in [5, 5.41) is 27.3. The number of aldehydes is 1. The number of aliphatic carboxylic acids is 1. The number of carboxylic acids is 1. The number of carboxylic acid groups (broad SMARTS) is 1. The van der Waals surface area contributed by atoms with Gasteiger partial charge in [0.25, 0.3) is 0 Å². The molecule has 0 aliphatic heterocycles. The van der Waals surface area contributed by atoms with Crippen LogP contribution in [0.15, 0.2) is 18.2 Å². The van der Waals surface area contributed by atoms with Gasteiger partial charge in [0.1, 0.15) is 11.9 Å². The topological polar surface area (TPSA) is 94.8 Å². The van der Waals surface area contributed by atoms with Crippen LogP contribution in [0.4, 0.5) is 4.39 Å². The summed E-state index contributed by atoms with van der Waals surface area (Å²) in [5.74, 6) is -2.11. The lowest BCUT2D eigenvalue weighted by Crippen LogP contribution is -2.21. The monoisotopic (exact) mass is 242 g/mol. The first-order valence-electron chi connectivity index (χ1n) is 4.78. The summed E-state index contributed by atoms with van der Waals surface area (Å²) < 4.78 is 13.2. The predicted molar refractivity (Wildman–Crippen MR) is 55.0 cm³/mol. The summed E-state index contributed by atoms with van der Waals surface area (Å²) in [5.41, 5.74) is -0.157. The SMILES string of the molecule is O=Cc1ccc(C(O)C(O)CC(=O)O)cc1F. The minimum atomic E-state index is -1.53. The van der Waals surface area contributed by atoms with Crippen LogP contribution in [-0.4, -0.2) is 33.7 Å². The Hall–Kier alpha value is -1.79. The van der Waals surface area contributed by atoms with E-state index in [0.29, 0.717) is 6.29 Å². The largest absolute Gasteiger partial charge is 0.481 e. The summed E-state index contributed by atoms with van der Waals surface area (Å²) in [6.07, 6.45) is -3.38. The van der Waals surface area contributed by atoms with Crippen LogP contribution in [-0.2, 0) is 4.79 Å². The molecule has 0 saturated carbocycles. The standard InChI is InChI=1S/C11H11FO5/c12-8-3-6(1-2-7(8)5-13)11(17)9(14)4-10(15)16/h1-3,5,9,11,14,17H,4H2,(H,15,16). The van der Waals surface area contributed by atoms with Crippen molar-refractivity contribution in [1.82, 2.24) is 0 Å². The quantitative estimate of drug-likeness (QED) is 0.654. The molecule has 0 bridgehead atoms. The molecule has 0 spiro atoms. The number of carbonyl (C=O) groups is 2. The molecule has 0 aliphatic carbocycles. The van der Waals surface area contributed by atoms with Gasteiger partial charge in [0.15, 0.2) is 6.29 Å². The molecule has 92 valence electrons. The molecule has 0 heterocycles. The number of hydrogen-bond donors (Lipinski definition) is 3. The second kappa shape index (κ2) is 5.51. The van der Waals surface area contributed by atoms with Crippen LogP contribution in [0.25, 0.3) is 0 Å². The van der Waals surface area contributed by atoms with Gasteiger partial charge >= 0.3 is 5.97 Å². The van der Waals surface area contributed by atoms with Crippen LogP contribution < -0.4 is 0 Å². The lowest BCUT2D eigenvalue weighted by molar-refractivity contribution is -0.141. The van der Waals surface area contributed by atoms with E-state index in [4.69, 9.17) is 5.11 Å². The Morgan fingerprint density at radius 3 is 2.53 bits per heavy atom. The van der Waals surface area contributed by atoms with Crippen molar-refractivity contribution >= 4 is 12.3 Å². The van der Waals surface area contributed by atoms with Crippen molar-refractivity contribution in [1.29, 1.82) is 0 Å². The van der Waals surface area contributed by atoms with Crippen molar-refractivity contribution in [3.05, 3.63) is 35.1 Å². The highest BCUT2D eigenvalue weighted by molar-refractivity contribution is 5.75. The Morgan fingerprint density at radius 1 is 1.41 bits per heavy atom. The molecule has 2 atom stereocenters. The molecule has 0 fully saturated rings. The van der Waals surface area contributed by atoms with Gasteiger partial charge in [0.05, 0.1) is 18.1 Å². The maximum Gasteiger partial charge on any atom is 0.306 e. The zero-order valence-corrected chi connectivity index (χ0v) is 8.71. The molecule has 2 unspecified atom stereocenters. The summed E-state index contributed by atoms with van der Waals surface area (Å²) in [6, 6.07) is 3.29. The predicted octanol–water partition coefficient (Wildman–Crippen LogP) is 0.507. The fourth-order valence-electron chi connectivity index (χ4n) is 1.34. The van der Waals surface area contributed by atoms with E-state index < -0.39 is 30.4 Å². The summed E-state index contributed by atoms with van der Waals surface area (Å²) in [7, 11) is 0. The maximum absolute atomic E-state index is 13.2. The Morgan fingerprint density at radius 2 is 2.06 bits per heavy atom. The van der Waals surface area contributed by atoms with Crippen LogP contribution >= 0.6 is 0 Å². The minimum Gasteiger partial charge on any atom is -0.481 e. The summed E-state index contributed by atoms with van der Waals surface area (Å²) in [4.78, 5) is 20.7. The zero-order valence-electron chi connectivity index (χ0n) is 8.71. The first-order valence-corrected chi connectivity index (χ1v) is 4.78. The molecule has 0 radical (unpaired) electrons. The summed E-state index contributed by atoms with van der Waals surface area (Å²) >= 11 is 0. The Balaban J connectivity index is 2.89. The van der Waals surface area contributed by atoms with E-state index in [1.165, 1.54) is 6.07 Å². The van der Waals surface area contributed by atoms with Gasteiger partial charge in [-0.15, -0.1) is 0 Å². The third-order valence-corrected chi connectivity index (χ3v) is 2.24. The second-order valence-electron chi connectivity index (χ2n) is 3.51. The van der Waals surface area contributed by atoms with Crippen molar-refractivity contribution < 1.29 is 29.3 Å². The normalized spacial score (nSPS) is 14.1. The average molecular weight is 242 g/mol. The van der Waals surface area contributed by atoms with Crippen LogP contribution in [0, 0.1) is 5.82 Å². The van der Waals surface area contributed by atoms with Gasteiger partial charge in [-0.05, 0) is 17.7 Å². The van der Waals surface area contributed by atoms with Crippen molar-refractivity contribution in [3.63, 3.8) is 0 Å². The molecule has 1 rings (SSSR count). The lowest BCUT2D eigenvalue weighted by atomic mass is 10.0. The third-order valence-electron chi connectivity index (χ3n) is 2.24. The highest BCUT2D eigenvalue weighted by Crippen LogP contribution is 2.21. The first-order chi connectivity index (χ1) is 7.95. The first kappa shape index (κ1) is 13.3. The van der Waals surface area contributed by atoms with Crippen LogP contribution in [0.1, 0.15) is 28.4 Å². The highest BCUT2D eigenvalue weighted by Gasteiger charge is 2.21. The van der Waals surface area contributed by atoms with Crippen molar-refractivity contribution in [2.45, 2.75) is 18.6 Å².